The first kappa shape index (κ1) is 15.2. The van der Waals surface area contributed by atoms with Crippen LogP contribution in [0.3, 0.4) is 0 Å². The highest BCUT2D eigenvalue weighted by molar-refractivity contribution is 5.84. The van der Waals surface area contributed by atoms with Crippen LogP contribution in [0.1, 0.15) is 24.5 Å². The molecular formula is C14H20N2O3. The lowest BCUT2D eigenvalue weighted by Crippen LogP contribution is -2.37. The highest BCUT2D eigenvalue weighted by Gasteiger charge is 2.03. The van der Waals surface area contributed by atoms with Crippen LogP contribution in [0.2, 0.25) is 0 Å². The van der Waals surface area contributed by atoms with Crippen LogP contribution in [-0.4, -0.2) is 30.0 Å². The summed E-state index contributed by atoms with van der Waals surface area (Å²) in [5.41, 5.74) is 1.96. The first-order valence-electron chi connectivity index (χ1n) is 6.37. The second kappa shape index (κ2) is 8.26. The maximum atomic E-state index is 11.4. The average molecular weight is 264 g/mol. The fourth-order valence-electron chi connectivity index (χ4n) is 1.52. The van der Waals surface area contributed by atoms with Gasteiger partial charge in [-0.2, -0.15) is 0 Å². The minimum atomic E-state index is -0.186. The van der Waals surface area contributed by atoms with Gasteiger partial charge in [0.15, 0.2) is 0 Å². The third-order valence-corrected chi connectivity index (χ3v) is 2.71. The molecule has 3 N–H and O–H groups in total. The number of hydrogen-bond donors (Lipinski definition) is 3. The molecule has 0 fully saturated rings. The molecule has 1 aromatic rings. The van der Waals surface area contributed by atoms with E-state index >= 15 is 0 Å². The van der Waals surface area contributed by atoms with E-state index in [0.717, 1.165) is 17.5 Å². The molecule has 1 aromatic carbocycles. The molecule has 0 bridgehead atoms. The van der Waals surface area contributed by atoms with E-state index in [1.165, 1.54) is 0 Å². The monoisotopic (exact) mass is 264 g/mol. The van der Waals surface area contributed by atoms with Crippen molar-refractivity contribution in [1.82, 2.24) is 10.6 Å². The molecule has 0 atom stereocenters. The quantitative estimate of drug-likeness (QED) is 0.665. The van der Waals surface area contributed by atoms with Gasteiger partial charge in [0, 0.05) is 13.0 Å². The zero-order chi connectivity index (χ0) is 14.1. The summed E-state index contributed by atoms with van der Waals surface area (Å²) < 4.78 is 0. The number of rotatable bonds is 7. The van der Waals surface area contributed by atoms with Gasteiger partial charge in [-0.3, -0.25) is 9.59 Å². The molecule has 0 aliphatic rings. The average Bonchev–Trinajstić information content (AvgIpc) is 2.45. The van der Waals surface area contributed by atoms with Gasteiger partial charge in [0.1, 0.15) is 0 Å². The number of nitrogens with one attached hydrogen (secondary N) is 2. The normalized spacial score (nSPS) is 10.0. The molecule has 5 nitrogen and oxygen atoms in total. The molecule has 0 heterocycles. The Labute approximate surface area is 113 Å². The third-order valence-electron chi connectivity index (χ3n) is 2.71. The molecule has 0 saturated heterocycles. The summed E-state index contributed by atoms with van der Waals surface area (Å²) in [7, 11) is 0. The molecule has 0 aliphatic carbocycles. The van der Waals surface area contributed by atoms with E-state index in [0.29, 0.717) is 13.0 Å². The SMILES string of the molecule is CCC(=O)NCC(=O)NCCc1ccc(CO)cc1. The summed E-state index contributed by atoms with van der Waals surface area (Å²) in [6.45, 7) is 2.33. The minimum Gasteiger partial charge on any atom is -0.392 e. The number of amides is 2. The summed E-state index contributed by atoms with van der Waals surface area (Å²) in [4.78, 5) is 22.4. The number of aliphatic hydroxyl groups excluding tert-OH is 1. The Morgan fingerprint density at radius 3 is 2.26 bits per heavy atom. The van der Waals surface area contributed by atoms with E-state index in [2.05, 4.69) is 10.6 Å². The van der Waals surface area contributed by atoms with Crippen molar-refractivity contribution in [1.29, 1.82) is 0 Å². The Balaban J connectivity index is 2.22. The lowest BCUT2D eigenvalue weighted by atomic mass is 10.1. The van der Waals surface area contributed by atoms with Crippen LogP contribution in [0.15, 0.2) is 24.3 Å². The van der Waals surface area contributed by atoms with Crippen LogP contribution in [0.25, 0.3) is 0 Å². The van der Waals surface area contributed by atoms with Gasteiger partial charge in [-0.15, -0.1) is 0 Å². The fraction of sp³-hybridized carbons (Fsp3) is 0.429. The zero-order valence-corrected chi connectivity index (χ0v) is 11.1. The van der Waals surface area contributed by atoms with E-state index in [1.807, 2.05) is 24.3 Å². The molecule has 0 aliphatic heterocycles. The molecule has 19 heavy (non-hydrogen) atoms. The van der Waals surface area contributed by atoms with E-state index < -0.39 is 0 Å². The van der Waals surface area contributed by atoms with Crippen molar-refractivity contribution < 1.29 is 14.7 Å². The minimum absolute atomic E-state index is 0.0239. The lowest BCUT2D eigenvalue weighted by molar-refractivity contribution is -0.125. The molecule has 0 saturated carbocycles. The Hall–Kier alpha value is -1.88. The predicted octanol–water partition coefficient (Wildman–Crippen LogP) is 0.364. The molecule has 5 heteroatoms. The Morgan fingerprint density at radius 2 is 1.68 bits per heavy atom. The number of carbonyl (C=O) groups is 2. The van der Waals surface area contributed by atoms with Crippen LogP contribution in [-0.2, 0) is 22.6 Å². The van der Waals surface area contributed by atoms with Gasteiger partial charge in [0.25, 0.3) is 0 Å². The highest BCUT2D eigenvalue weighted by atomic mass is 16.3. The molecule has 0 spiro atoms. The molecular weight excluding hydrogens is 244 g/mol. The molecule has 2 amide bonds. The lowest BCUT2D eigenvalue weighted by Gasteiger charge is -2.06. The Kier molecular flexibility index (Phi) is 6.60. The summed E-state index contributed by atoms with van der Waals surface area (Å²) in [6.07, 6.45) is 1.10. The number of carbonyl (C=O) groups excluding carboxylic acids is 2. The highest BCUT2D eigenvalue weighted by Crippen LogP contribution is 2.04. The summed E-state index contributed by atoms with van der Waals surface area (Å²) in [6, 6.07) is 7.57. The van der Waals surface area contributed by atoms with E-state index in [-0.39, 0.29) is 25.0 Å². The van der Waals surface area contributed by atoms with E-state index in [9.17, 15) is 9.59 Å². The zero-order valence-electron chi connectivity index (χ0n) is 11.1. The third kappa shape index (κ3) is 6.01. The van der Waals surface area contributed by atoms with Gasteiger partial charge in [-0.1, -0.05) is 31.2 Å². The van der Waals surface area contributed by atoms with Gasteiger partial charge >= 0.3 is 0 Å². The summed E-state index contributed by atoms with van der Waals surface area (Å²) in [5.74, 6) is -0.316. The first-order chi connectivity index (χ1) is 9.15. The Morgan fingerprint density at radius 1 is 1.05 bits per heavy atom. The van der Waals surface area contributed by atoms with Gasteiger partial charge in [0.05, 0.1) is 13.2 Å². The van der Waals surface area contributed by atoms with Crippen LogP contribution in [0.4, 0.5) is 0 Å². The second-order valence-electron chi connectivity index (χ2n) is 4.20. The van der Waals surface area contributed by atoms with Crippen LogP contribution in [0, 0.1) is 0 Å². The second-order valence-corrected chi connectivity index (χ2v) is 4.20. The number of benzene rings is 1. The van der Waals surface area contributed by atoms with Gasteiger partial charge in [-0.25, -0.2) is 0 Å². The topological polar surface area (TPSA) is 78.4 Å². The van der Waals surface area contributed by atoms with Crippen molar-refractivity contribution in [3.63, 3.8) is 0 Å². The molecule has 1 rings (SSSR count). The molecule has 0 unspecified atom stereocenters. The standard InChI is InChI=1S/C14H20N2O3/c1-2-13(18)16-9-14(19)15-8-7-11-3-5-12(10-17)6-4-11/h3-6,17H,2,7-10H2,1H3,(H,15,19)(H,16,18). The summed E-state index contributed by atoms with van der Waals surface area (Å²) >= 11 is 0. The Bertz CT molecular complexity index is 415. The van der Waals surface area contributed by atoms with Crippen LogP contribution in [0.5, 0.6) is 0 Å². The van der Waals surface area contributed by atoms with Gasteiger partial charge < -0.3 is 15.7 Å². The smallest absolute Gasteiger partial charge is 0.239 e. The molecule has 0 aromatic heterocycles. The maximum absolute atomic E-state index is 11.4. The molecule has 0 radical (unpaired) electrons. The van der Waals surface area contributed by atoms with Crippen molar-refractivity contribution in [2.24, 2.45) is 0 Å². The van der Waals surface area contributed by atoms with Gasteiger partial charge in [-0.05, 0) is 17.5 Å². The van der Waals surface area contributed by atoms with Crippen molar-refractivity contribution in [3.8, 4) is 0 Å². The fourth-order valence-corrected chi connectivity index (χ4v) is 1.52. The number of hydrogen-bond acceptors (Lipinski definition) is 3. The van der Waals surface area contributed by atoms with E-state index in [4.69, 9.17) is 5.11 Å². The molecule has 104 valence electrons. The summed E-state index contributed by atoms with van der Waals surface area (Å²) in [5, 5.41) is 14.2. The first-order valence-corrected chi connectivity index (χ1v) is 6.37. The largest absolute Gasteiger partial charge is 0.392 e. The van der Waals surface area contributed by atoms with E-state index in [1.54, 1.807) is 6.92 Å². The van der Waals surface area contributed by atoms with Crippen LogP contribution < -0.4 is 10.6 Å². The maximum Gasteiger partial charge on any atom is 0.239 e. The van der Waals surface area contributed by atoms with Crippen LogP contribution >= 0.6 is 0 Å². The van der Waals surface area contributed by atoms with Crippen molar-refractivity contribution >= 4 is 11.8 Å². The van der Waals surface area contributed by atoms with Crippen molar-refractivity contribution in [3.05, 3.63) is 35.4 Å². The van der Waals surface area contributed by atoms with Gasteiger partial charge in [0.2, 0.25) is 11.8 Å². The predicted molar refractivity (Wildman–Crippen MR) is 72.4 cm³/mol. The van der Waals surface area contributed by atoms with Crippen molar-refractivity contribution in [2.45, 2.75) is 26.4 Å². The van der Waals surface area contributed by atoms with Crippen molar-refractivity contribution in [2.75, 3.05) is 13.1 Å². The number of aliphatic hydroxyl groups is 1.